The summed E-state index contributed by atoms with van der Waals surface area (Å²) in [6.07, 6.45) is 0. The Morgan fingerprint density at radius 1 is 0.268 bits per heavy atom. The molecular weight excluding hydrogens is 681 g/mol. The average molecular weight is 715 g/mol. The summed E-state index contributed by atoms with van der Waals surface area (Å²) in [6.45, 7) is 0. The molecule has 0 aliphatic rings. The van der Waals surface area contributed by atoms with Crippen LogP contribution in [0.4, 0.5) is 0 Å². The minimum atomic E-state index is 0.563. The normalized spacial score (nSPS) is 11.2. The molecule has 2 heterocycles. The number of hydrogen-bond acceptors (Lipinski definition) is 4. The number of aromatic nitrogens is 4. The summed E-state index contributed by atoms with van der Waals surface area (Å²) < 4.78 is 0. The fraction of sp³-hybridized carbons (Fsp3) is 0. The van der Waals surface area contributed by atoms with E-state index < -0.39 is 0 Å². The lowest BCUT2D eigenvalue weighted by Gasteiger charge is -2.17. The molecule has 10 rings (SSSR count). The van der Waals surface area contributed by atoms with E-state index in [0.29, 0.717) is 17.5 Å². The fourth-order valence-electron chi connectivity index (χ4n) is 7.55. The molecule has 262 valence electrons. The van der Waals surface area contributed by atoms with Gasteiger partial charge in [0.2, 0.25) is 0 Å². The van der Waals surface area contributed by atoms with Gasteiger partial charge >= 0.3 is 0 Å². The van der Waals surface area contributed by atoms with Gasteiger partial charge in [-0.3, -0.25) is 0 Å². The molecule has 4 heteroatoms. The van der Waals surface area contributed by atoms with E-state index in [4.69, 9.17) is 19.9 Å². The zero-order chi connectivity index (χ0) is 37.3. The molecule has 0 bridgehead atoms. The minimum Gasteiger partial charge on any atom is -0.247 e. The number of pyridine rings is 1. The summed E-state index contributed by atoms with van der Waals surface area (Å²) in [5.41, 5.74) is 12.1. The first-order valence-corrected chi connectivity index (χ1v) is 18.8. The molecule has 10 aromatic rings. The monoisotopic (exact) mass is 714 g/mol. The molecule has 0 saturated carbocycles. The lowest BCUT2D eigenvalue weighted by molar-refractivity contribution is 1.08. The molecule has 2 aromatic heterocycles. The topological polar surface area (TPSA) is 51.6 Å². The minimum absolute atomic E-state index is 0.563. The summed E-state index contributed by atoms with van der Waals surface area (Å²) in [4.78, 5) is 21.3. The van der Waals surface area contributed by atoms with Gasteiger partial charge in [-0.2, -0.15) is 0 Å². The van der Waals surface area contributed by atoms with E-state index in [2.05, 4.69) is 188 Å². The smallest absolute Gasteiger partial charge is 0.166 e. The first-order valence-electron chi connectivity index (χ1n) is 18.8. The highest BCUT2D eigenvalue weighted by Crippen LogP contribution is 2.41. The van der Waals surface area contributed by atoms with Crippen LogP contribution in [0.5, 0.6) is 0 Å². The van der Waals surface area contributed by atoms with Crippen molar-refractivity contribution in [1.29, 1.82) is 0 Å². The van der Waals surface area contributed by atoms with Gasteiger partial charge in [-0.05, 0) is 68.4 Å². The summed E-state index contributed by atoms with van der Waals surface area (Å²) in [6, 6.07) is 71.6. The van der Waals surface area contributed by atoms with Crippen LogP contribution in [-0.2, 0) is 0 Å². The molecule has 0 aliphatic carbocycles. The van der Waals surface area contributed by atoms with Crippen molar-refractivity contribution < 1.29 is 0 Å². The van der Waals surface area contributed by atoms with Crippen LogP contribution in [0.3, 0.4) is 0 Å². The van der Waals surface area contributed by atoms with Crippen molar-refractivity contribution >= 4 is 21.7 Å². The van der Waals surface area contributed by atoms with Crippen molar-refractivity contribution in [2.24, 2.45) is 0 Å². The van der Waals surface area contributed by atoms with Crippen molar-refractivity contribution in [2.45, 2.75) is 0 Å². The van der Waals surface area contributed by atoms with Gasteiger partial charge in [0.1, 0.15) is 0 Å². The summed E-state index contributed by atoms with van der Waals surface area (Å²) in [5, 5.41) is 3.27. The highest BCUT2D eigenvalue weighted by molar-refractivity contribution is 6.18. The van der Waals surface area contributed by atoms with Crippen LogP contribution in [0.2, 0.25) is 0 Å². The van der Waals surface area contributed by atoms with Gasteiger partial charge in [0.25, 0.3) is 0 Å². The molecule has 0 fully saturated rings. The fourth-order valence-corrected chi connectivity index (χ4v) is 7.55. The van der Waals surface area contributed by atoms with Gasteiger partial charge in [-0.1, -0.05) is 182 Å². The lowest BCUT2D eigenvalue weighted by atomic mass is 9.92. The van der Waals surface area contributed by atoms with E-state index in [1.165, 1.54) is 0 Å². The Kier molecular flexibility index (Phi) is 8.47. The van der Waals surface area contributed by atoms with Crippen molar-refractivity contribution in [3.63, 3.8) is 0 Å². The number of fused-ring (bicyclic) bond motifs is 3. The Hall–Kier alpha value is -7.56. The summed E-state index contributed by atoms with van der Waals surface area (Å²) >= 11 is 0. The van der Waals surface area contributed by atoms with Gasteiger partial charge in [0, 0.05) is 27.6 Å². The van der Waals surface area contributed by atoms with Gasteiger partial charge in [-0.15, -0.1) is 0 Å². The zero-order valence-electron chi connectivity index (χ0n) is 30.4. The second kappa shape index (κ2) is 14.3. The van der Waals surface area contributed by atoms with E-state index in [0.717, 1.165) is 83.0 Å². The summed E-state index contributed by atoms with van der Waals surface area (Å²) in [7, 11) is 0. The van der Waals surface area contributed by atoms with Crippen molar-refractivity contribution in [3.05, 3.63) is 206 Å². The van der Waals surface area contributed by atoms with Gasteiger partial charge < -0.3 is 0 Å². The third-order valence-corrected chi connectivity index (χ3v) is 10.3. The highest BCUT2D eigenvalue weighted by Gasteiger charge is 2.21. The quantitative estimate of drug-likeness (QED) is 0.154. The van der Waals surface area contributed by atoms with Crippen molar-refractivity contribution in [3.8, 4) is 78.8 Å². The maximum absolute atomic E-state index is 5.47. The molecular formula is C52H34N4. The second-order valence-electron chi connectivity index (χ2n) is 13.9. The Labute approximate surface area is 325 Å². The number of rotatable bonds is 7. The molecule has 0 spiro atoms. The maximum Gasteiger partial charge on any atom is 0.166 e. The van der Waals surface area contributed by atoms with Crippen molar-refractivity contribution in [1.82, 2.24) is 19.9 Å². The molecule has 8 aromatic carbocycles. The summed E-state index contributed by atoms with van der Waals surface area (Å²) in [5.74, 6) is 1.75. The SMILES string of the molecule is c1ccc(-c2cccc(-c3nc(-c4cccc(-c5ccccc5)c4)nc(-c4cc5ccccc5c5c(-c6ccccc6)cc(-c6ccccc6)nc45)n3)c2)cc1. The zero-order valence-corrected chi connectivity index (χ0v) is 30.4. The van der Waals surface area contributed by atoms with Crippen LogP contribution in [0.25, 0.3) is 100 Å². The molecule has 0 atom stereocenters. The predicted octanol–water partition coefficient (Wildman–Crippen LogP) is 13.2. The average Bonchev–Trinajstić information content (AvgIpc) is 3.29. The Morgan fingerprint density at radius 3 is 1.29 bits per heavy atom. The van der Waals surface area contributed by atoms with E-state index in [-0.39, 0.29) is 0 Å². The molecule has 0 saturated heterocycles. The molecule has 0 aliphatic heterocycles. The van der Waals surface area contributed by atoms with Crippen LogP contribution in [-0.4, -0.2) is 19.9 Å². The third-order valence-electron chi connectivity index (χ3n) is 10.3. The molecule has 0 unspecified atom stereocenters. The van der Waals surface area contributed by atoms with Crippen LogP contribution < -0.4 is 0 Å². The van der Waals surface area contributed by atoms with Gasteiger partial charge in [0.15, 0.2) is 17.5 Å². The third kappa shape index (κ3) is 6.29. The molecule has 56 heavy (non-hydrogen) atoms. The number of nitrogens with zero attached hydrogens (tertiary/aromatic N) is 4. The van der Waals surface area contributed by atoms with E-state index >= 15 is 0 Å². The Morgan fingerprint density at radius 2 is 0.714 bits per heavy atom. The first-order chi connectivity index (χ1) is 27.7. The lowest BCUT2D eigenvalue weighted by Crippen LogP contribution is -2.02. The molecule has 0 N–H and O–H groups in total. The first kappa shape index (κ1) is 33.0. The number of hydrogen-bond donors (Lipinski definition) is 0. The molecule has 0 radical (unpaired) electrons. The van der Waals surface area contributed by atoms with Crippen LogP contribution in [0.15, 0.2) is 206 Å². The molecule has 4 nitrogen and oxygen atoms in total. The van der Waals surface area contributed by atoms with Crippen LogP contribution in [0, 0.1) is 0 Å². The standard InChI is InChI=1S/C52H34N4/c1-5-17-35(18-6-1)39-26-15-28-42(31-39)50-54-51(43-29-16-27-40(32-43)36-19-7-2-8-20-36)56-52(55-50)46-33-41-25-13-14-30-44(41)48-45(37-21-9-3-10-22-37)34-47(53-49(46)48)38-23-11-4-12-24-38/h1-34H. The molecule has 0 amide bonds. The highest BCUT2D eigenvalue weighted by atomic mass is 15.0. The Bertz CT molecular complexity index is 2900. The van der Waals surface area contributed by atoms with E-state index in [9.17, 15) is 0 Å². The van der Waals surface area contributed by atoms with Crippen LogP contribution >= 0.6 is 0 Å². The Balaban J connectivity index is 1.27. The van der Waals surface area contributed by atoms with Crippen molar-refractivity contribution in [2.75, 3.05) is 0 Å². The van der Waals surface area contributed by atoms with E-state index in [1.807, 2.05) is 18.2 Å². The van der Waals surface area contributed by atoms with Gasteiger partial charge in [-0.25, -0.2) is 19.9 Å². The maximum atomic E-state index is 5.47. The predicted molar refractivity (Wildman–Crippen MR) is 231 cm³/mol. The number of benzene rings is 8. The van der Waals surface area contributed by atoms with Crippen LogP contribution in [0.1, 0.15) is 0 Å². The van der Waals surface area contributed by atoms with Gasteiger partial charge in [0.05, 0.1) is 11.2 Å². The van der Waals surface area contributed by atoms with E-state index in [1.54, 1.807) is 0 Å². The largest absolute Gasteiger partial charge is 0.247 e. The second-order valence-corrected chi connectivity index (χ2v) is 13.9.